The summed E-state index contributed by atoms with van der Waals surface area (Å²) in [7, 11) is 0. The second-order valence-corrected chi connectivity index (χ2v) is 3.38. The van der Waals surface area contributed by atoms with E-state index in [1.165, 1.54) is 0 Å². The van der Waals surface area contributed by atoms with Gasteiger partial charge in [0.25, 0.3) is 0 Å². The minimum atomic E-state index is 0.554. The van der Waals surface area contributed by atoms with Crippen LogP contribution < -0.4 is 10.3 Å². The number of rotatable bonds is 2. The van der Waals surface area contributed by atoms with E-state index in [1.807, 2.05) is 42.1 Å². The van der Waals surface area contributed by atoms with Gasteiger partial charge in [-0.25, -0.2) is 14.5 Å². The molecule has 0 radical (unpaired) electrons. The summed E-state index contributed by atoms with van der Waals surface area (Å²) in [6, 6.07) is 5.93. The molecule has 4 heteroatoms. The molecule has 0 bridgehead atoms. The van der Waals surface area contributed by atoms with E-state index in [-0.39, 0.29) is 0 Å². The molecule has 2 aromatic rings. The molecule has 2 aromatic heterocycles. The first-order chi connectivity index (χ1) is 7.25. The summed E-state index contributed by atoms with van der Waals surface area (Å²) in [6.45, 7) is 2.53. The fourth-order valence-electron chi connectivity index (χ4n) is 1.37. The van der Waals surface area contributed by atoms with E-state index in [0.29, 0.717) is 18.2 Å². The van der Waals surface area contributed by atoms with E-state index in [1.54, 1.807) is 6.20 Å². The van der Waals surface area contributed by atoms with E-state index in [4.69, 9.17) is 5.73 Å². The Kier molecular flexibility index (Phi) is 2.58. The molecule has 2 rings (SSSR count). The zero-order chi connectivity index (χ0) is 10.7. The van der Waals surface area contributed by atoms with Gasteiger partial charge < -0.3 is 5.73 Å². The first-order valence-corrected chi connectivity index (χ1v) is 4.78. The summed E-state index contributed by atoms with van der Waals surface area (Å²) >= 11 is 0. The molecule has 0 unspecified atom stereocenters. The number of pyridine rings is 1. The molecular weight excluding hydrogens is 188 g/mol. The van der Waals surface area contributed by atoms with E-state index >= 15 is 0 Å². The number of nitrogen functional groups attached to an aromatic ring is 1. The number of aromatic nitrogens is 3. The fraction of sp³-hybridized carbons (Fsp3) is 0.182. The first kappa shape index (κ1) is 9.58. The van der Waals surface area contributed by atoms with Gasteiger partial charge in [-0.05, 0) is 6.92 Å². The third-order valence-corrected chi connectivity index (χ3v) is 2.15. The molecule has 0 amide bonds. The Morgan fingerprint density at radius 1 is 1.27 bits per heavy atom. The van der Waals surface area contributed by atoms with Crippen molar-refractivity contribution in [3.8, 4) is 0 Å². The van der Waals surface area contributed by atoms with Gasteiger partial charge >= 0.3 is 0 Å². The van der Waals surface area contributed by atoms with Crippen LogP contribution in [0.5, 0.6) is 0 Å². The highest BCUT2D eigenvalue weighted by molar-refractivity contribution is 5.36. The van der Waals surface area contributed by atoms with Crippen LogP contribution in [0.25, 0.3) is 0 Å². The molecule has 76 valence electrons. The minimum Gasteiger partial charge on any atom is -0.383 e. The average molecular weight is 201 g/mol. The topological polar surface area (TPSA) is 55.7 Å². The van der Waals surface area contributed by atoms with Crippen LogP contribution in [0.1, 0.15) is 11.4 Å². The minimum absolute atomic E-state index is 0.554. The van der Waals surface area contributed by atoms with Crippen LogP contribution in [0.4, 0.5) is 5.82 Å². The third-order valence-electron chi connectivity index (χ3n) is 2.15. The van der Waals surface area contributed by atoms with Crippen molar-refractivity contribution in [2.75, 3.05) is 5.73 Å². The number of aryl methyl sites for hydroxylation is 1. The molecule has 0 atom stereocenters. The molecule has 2 N–H and O–H groups in total. The van der Waals surface area contributed by atoms with Gasteiger partial charge in [0.15, 0.2) is 18.9 Å². The van der Waals surface area contributed by atoms with Gasteiger partial charge in [0.05, 0.1) is 5.56 Å². The van der Waals surface area contributed by atoms with Gasteiger partial charge in [-0.3, -0.25) is 0 Å². The van der Waals surface area contributed by atoms with Crippen molar-refractivity contribution in [1.82, 2.24) is 9.97 Å². The van der Waals surface area contributed by atoms with Gasteiger partial charge in [-0.15, -0.1) is 0 Å². The van der Waals surface area contributed by atoms with Crippen molar-refractivity contribution in [2.45, 2.75) is 13.5 Å². The van der Waals surface area contributed by atoms with E-state index in [0.717, 1.165) is 5.56 Å². The molecule has 0 saturated carbocycles. The van der Waals surface area contributed by atoms with Crippen LogP contribution >= 0.6 is 0 Å². The number of hydrogen-bond acceptors (Lipinski definition) is 3. The monoisotopic (exact) mass is 201 g/mol. The third kappa shape index (κ3) is 2.28. The summed E-state index contributed by atoms with van der Waals surface area (Å²) in [4.78, 5) is 8.25. The van der Waals surface area contributed by atoms with Crippen LogP contribution in [0.3, 0.4) is 0 Å². The van der Waals surface area contributed by atoms with Crippen LogP contribution in [0.2, 0.25) is 0 Å². The SMILES string of the molecule is Cc1ncc(C[n+]2ccccc2)c(N)n1. The maximum absolute atomic E-state index is 5.80. The van der Waals surface area contributed by atoms with Gasteiger partial charge in [0.1, 0.15) is 11.6 Å². The second-order valence-electron chi connectivity index (χ2n) is 3.38. The highest BCUT2D eigenvalue weighted by atomic mass is 15.0. The molecule has 0 saturated heterocycles. The normalized spacial score (nSPS) is 10.2. The molecular formula is C11H13N4+. The molecule has 0 fully saturated rings. The van der Waals surface area contributed by atoms with Gasteiger partial charge in [-0.2, -0.15) is 0 Å². The molecule has 0 aromatic carbocycles. The van der Waals surface area contributed by atoms with Gasteiger partial charge in [0.2, 0.25) is 0 Å². The Morgan fingerprint density at radius 3 is 2.67 bits per heavy atom. The van der Waals surface area contributed by atoms with Crippen molar-refractivity contribution < 1.29 is 4.57 Å². The summed E-state index contributed by atoms with van der Waals surface area (Å²) in [5.41, 5.74) is 6.75. The Labute approximate surface area is 88.4 Å². The first-order valence-electron chi connectivity index (χ1n) is 4.78. The predicted octanol–water partition coefficient (Wildman–Crippen LogP) is 0.703. The lowest BCUT2D eigenvalue weighted by molar-refractivity contribution is -0.688. The number of nitrogens with zero attached hydrogens (tertiary/aromatic N) is 3. The number of anilines is 1. The standard InChI is InChI=1S/C11H13N4/c1-9-13-7-10(11(12)14-9)8-15-5-3-2-4-6-15/h2-7H,8H2,1H3,(H2,12,13,14)/q+1. The lowest BCUT2D eigenvalue weighted by atomic mass is 10.3. The van der Waals surface area contributed by atoms with Crippen molar-refractivity contribution in [3.63, 3.8) is 0 Å². The average Bonchev–Trinajstić information content (AvgIpc) is 2.24. The van der Waals surface area contributed by atoms with Crippen molar-refractivity contribution in [3.05, 3.63) is 48.2 Å². The van der Waals surface area contributed by atoms with E-state index < -0.39 is 0 Å². The van der Waals surface area contributed by atoms with Crippen LogP contribution in [-0.4, -0.2) is 9.97 Å². The van der Waals surface area contributed by atoms with Gasteiger partial charge in [0, 0.05) is 18.3 Å². The van der Waals surface area contributed by atoms with E-state index in [9.17, 15) is 0 Å². The number of hydrogen-bond donors (Lipinski definition) is 1. The lowest BCUT2D eigenvalue weighted by Crippen LogP contribution is -2.33. The largest absolute Gasteiger partial charge is 0.383 e. The van der Waals surface area contributed by atoms with Crippen LogP contribution in [-0.2, 0) is 6.54 Å². The van der Waals surface area contributed by atoms with E-state index in [2.05, 4.69) is 9.97 Å². The van der Waals surface area contributed by atoms with Crippen LogP contribution in [0, 0.1) is 6.92 Å². The molecule has 0 aliphatic rings. The molecule has 0 spiro atoms. The lowest BCUT2D eigenvalue weighted by Gasteiger charge is -2.01. The quantitative estimate of drug-likeness (QED) is 0.728. The fourth-order valence-corrected chi connectivity index (χ4v) is 1.37. The van der Waals surface area contributed by atoms with Crippen molar-refractivity contribution in [2.24, 2.45) is 0 Å². The predicted molar refractivity (Wildman–Crippen MR) is 56.9 cm³/mol. The Hall–Kier alpha value is -1.97. The Balaban J connectivity index is 2.25. The van der Waals surface area contributed by atoms with Crippen molar-refractivity contribution in [1.29, 1.82) is 0 Å². The molecule has 4 nitrogen and oxygen atoms in total. The summed E-state index contributed by atoms with van der Waals surface area (Å²) in [5.74, 6) is 1.26. The number of nitrogens with two attached hydrogens (primary N) is 1. The Bertz CT molecular complexity index is 453. The highest BCUT2D eigenvalue weighted by Crippen LogP contribution is 2.05. The molecule has 0 aliphatic carbocycles. The summed E-state index contributed by atoms with van der Waals surface area (Å²) in [6.07, 6.45) is 5.75. The second kappa shape index (κ2) is 4.04. The van der Waals surface area contributed by atoms with Crippen molar-refractivity contribution >= 4 is 5.82 Å². The summed E-state index contributed by atoms with van der Waals surface area (Å²) in [5, 5.41) is 0. The van der Waals surface area contributed by atoms with Gasteiger partial charge in [-0.1, -0.05) is 6.07 Å². The highest BCUT2D eigenvalue weighted by Gasteiger charge is 2.06. The zero-order valence-electron chi connectivity index (χ0n) is 8.59. The smallest absolute Gasteiger partial charge is 0.178 e. The molecule has 2 heterocycles. The maximum atomic E-state index is 5.80. The summed E-state index contributed by atoms with van der Waals surface area (Å²) < 4.78 is 2.03. The van der Waals surface area contributed by atoms with Crippen LogP contribution in [0.15, 0.2) is 36.8 Å². The zero-order valence-corrected chi connectivity index (χ0v) is 8.59. The Morgan fingerprint density at radius 2 is 2.00 bits per heavy atom. The molecule has 15 heavy (non-hydrogen) atoms. The molecule has 0 aliphatic heterocycles. The maximum Gasteiger partial charge on any atom is 0.178 e.